The third-order valence-electron chi connectivity index (χ3n) is 3.12. The normalized spacial score (nSPS) is 10.5. The third kappa shape index (κ3) is 2.68. The van der Waals surface area contributed by atoms with Crippen molar-refractivity contribution in [1.82, 2.24) is 0 Å². The first-order valence-electron chi connectivity index (χ1n) is 6.52. The molecule has 7 heteroatoms. The molecule has 1 aromatic carbocycles. The second-order valence-corrected chi connectivity index (χ2v) is 4.84. The van der Waals surface area contributed by atoms with Crippen LogP contribution in [0.5, 0.6) is 5.75 Å². The molecular weight excluding hydrogens is 356 g/mol. The maximum absolute atomic E-state index is 12.1. The zero-order valence-electron chi connectivity index (χ0n) is 12.4. The number of furan rings is 1. The Hall–Kier alpha value is -2.02. The number of methoxy groups -OCH3 is 2. The van der Waals surface area contributed by atoms with Crippen LogP contribution in [-0.4, -0.2) is 32.8 Å². The molecule has 0 saturated carbocycles. The van der Waals surface area contributed by atoms with E-state index < -0.39 is 11.9 Å². The molecule has 0 bridgehead atoms. The molecule has 0 atom stereocenters. The van der Waals surface area contributed by atoms with Crippen LogP contribution < -0.4 is 4.74 Å². The Morgan fingerprint density at radius 2 is 1.95 bits per heavy atom. The molecule has 1 heterocycles. The van der Waals surface area contributed by atoms with E-state index in [1.165, 1.54) is 14.2 Å². The molecule has 0 spiro atoms. The molecule has 0 amide bonds. The molecule has 1 aromatic heterocycles. The maximum Gasteiger partial charge on any atom is 0.374 e. The summed E-state index contributed by atoms with van der Waals surface area (Å²) in [7, 11) is 2.77. The molecule has 22 heavy (non-hydrogen) atoms. The van der Waals surface area contributed by atoms with Gasteiger partial charge in [0.25, 0.3) is 0 Å². The highest BCUT2D eigenvalue weighted by Crippen LogP contribution is 2.37. The van der Waals surface area contributed by atoms with Crippen LogP contribution in [0.15, 0.2) is 16.5 Å². The van der Waals surface area contributed by atoms with Gasteiger partial charge in [0.2, 0.25) is 5.76 Å². The SMILES string of the molecule is CCOC(=O)c1oc2c(OC)ccc(C(=O)OC)c2c1CBr. The number of carbonyl (C=O) groups is 2. The lowest BCUT2D eigenvalue weighted by atomic mass is 10.0. The first-order chi connectivity index (χ1) is 10.6. The standard InChI is InChI=1S/C15H15BrO6/c1-4-21-15(18)12-9(7-16)11-8(14(17)20-3)5-6-10(19-2)13(11)22-12/h5-6H,4,7H2,1-3H3. The van der Waals surface area contributed by atoms with E-state index in [4.69, 9.17) is 18.6 Å². The van der Waals surface area contributed by atoms with Gasteiger partial charge >= 0.3 is 11.9 Å². The summed E-state index contributed by atoms with van der Waals surface area (Å²) < 4.78 is 20.6. The van der Waals surface area contributed by atoms with Crippen molar-refractivity contribution in [2.24, 2.45) is 0 Å². The Morgan fingerprint density at radius 3 is 2.50 bits per heavy atom. The number of halogens is 1. The fourth-order valence-electron chi connectivity index (χ4n) is 2.17. The Bertz CT molecular complexity index is 718. The highest BCUT2D eigenvalue weighted by molar-refractivity contribution is 9.08. The van der Waals surface area contributed by atoms with Gasteiger partial charge < -0.3 is 18.6 Å². The zero-order valence-corrected chi connectivity index (χ0v) is 14.0. The number of rotatable bonds is 5. The largest absolute Gasteiger partial charge is 0.493 e. The number of esters is 2. The predicted octanol–water partition coefficient (Wildman–Crippen LogP) is 3.30. The molecule has 0 N–H and O–H groups in total. The van der Waals surface area contributed by atoms with Gasteiger partial charge in [-0.1, -0.05) is 15.9 Å². The monoisotopic (exact) mass is 370 g/mol. The van der Waals surface area contributed by atoms with Gasteiger partial charge in [0.1, 0.15) is 0 Å². The van der Waals surface area contributed by atoms with Crippen LogP contribution >= 0.6 is 15.9 Å². The summed E-state index contributed by atoms with van der Waals surface area (Å²) in [6.45, 7) is 1.92. The number of ether oxygens (including phenoxy) is 3. The highest BCUT2D eigenvalue weighted by atomic mass is 79.9. The van der Waals surface area contributed by atoms with Gasteiger partial charge in [-0.05, 0) is 19.1 Å². The number of fused-ring (bicyclic) bond motifs is 1. The van der Waals surface area contributed by atoms with Gasteiger partial charge in [0.15, 0.2) is 11.3 Å². The van der Waals surface area contributed by atoms with E-state index in [0.29, 0.717) is 33.2 Å². The predicted molar refractivity (Wildman–Crippen MR) is 82.7 cm³/mol. The van der Waals surface area contributed by atoms with Crippen LogP contribution in [0.2, 0.25) is 0 Å². The molecule has 118 valence electrons. The summed E-state index contributed by atoms with van der Waals surface area (Å²) in [5.41, 5.74) is 1.13. The molecule has 2 aromatic rings. The molecule has 0 radical (unpaired) electrons. The molecule has 0 fully saturated rings. The quantitative estimate of drug-likeness (QED) is 0.593. The van der Waals surface area contributed by atoms with Crippen molar-refractivity contribution < 1.29 is 28.2 Å². The summed E-state index contributed by atoms with van der Waals surface area (Å²) in [6, 6.07) is 3.16. The smallest absolute Gasteiger partial charge is 0.374 e. The van der Waals surface area contributed by atoms with Gasteiger partial charge in [-0.2, -0.15) is 0 Å². The molecule has 0 aliphatic heterocycles. The van der Waals surface area contributed by atoms with Gasteiger partial charge in [0.05, 0.1) is 26.4 Å². The van der Waals surface area contributed by atoms with Gasteiger partial charge in [-0.25, -0.2) is 9.59 Å². The van der Waals surface area contributed by atoms with Crippen LogP contribution in [0.4, 0.5) is 0 Å². The van der Waals surface area contributed by atoms with Crippen molar-refractivity contribution in [3.05, 3.63) is 29.0 Å². The highest BCUT2D eigenvalue weighted by Gasteiger charge is 2.27. The van der Waals surface area contributed by atoms with Crippen LogP contribution in [0, 0.1) is 0 Å². The lowest BCUT2D eigenvalue weighted by molar-refractivity contribution is 0.0490. The average molecular weight is 371 g/mol. The second kappa shape index (κ2) is 6.83. The molecule has 0 aliphatic rings. The minimum Gasteiger partial charge on any atom is -0.493 e. The average Bonchev–Trinajstić information content (AvgIpc) is 2.93. The second-order valence-electron chi connectivity index (χ2n) is 4.27. The molecule has 0 saturated heterocycles. The first kappa shape index (κ1) is 16.4. The van der Waals surface area contributed by atoms with Crippen molar-refractivity contribution in [1.29, 1.82) is 0 Å². The Kier molecular flexibility index (Phi) is 5.07. The Balaban J connectivity index is 2.80. The van der Waals surface area contributed by atoms with Gasteiger partial charge in [0, 0.05) is 16.3 Å². The fourth-order valence-corrected chi connectivity index (χ4v) is 2.71. The van der Waals surface area contributed by atoms with E-state index in [1.807, 2.05) is 0 Å². The topological polar surface area (TPSA) is 75.0 Å². The number of carbonyl (C=O) groups excluding carboxylic acids is 2. The molecule has 6 nitrogen and oxygen atoms in total. The number of hydrogen-bond acceptors (Lipinski definition) is 6. The van der Waals surface area contributed by atoms with Gasteiger partial charge in [-0.3, -0.25) is 0 Å². The fraction of sp³-hybridized carbons (Fsp3) is 0.333. The summed E-state index contributed by atoms with van der Waals surface area (Å²) in [5.74, 6) is -0.652. The van der Waals surface area contributed by atoms with Crippen molar-refractivity contribution in [2.45, 2.75) is 12.3 Å². The summed E-state index contributed by atoms with van der Waals surface area (Å²) >= 11 is 3.32. The van der Waals surface area contributed by atoms with E-state index in [2.05, 4.69) is 15.9 Å². The van der Waals surface area contributed by atoms with E-state index >= 15 is 0 Å². The van der Waals surface area contributed by atoms with Crippen molar-refractivity contribution >= 4 is 38.8 Å². The summed E-state index contributed by atoms with van der Waals surface area (Å²) in [5, 5.41) is 0.789. The lowest BCUT2D eigenvalue weighted by Gasteiger charge is -2.05. The number of alkyl halides is 1. The minimum atomic E-state index is -0.592. The van der Waals surface area contributed by atoms with E-state index in [9.17, 15) is 9.59 Å². The lowest BCUT2D eigenvalue weighted by Crippen LogP contribution is -2.06. The summed E-state index contributed by atoms with van der Waals surface area (Å²) in [4.78, 5) is 24.0. The summed E-state index contributed by atoms with van der Waals surface area (Å²) in [6.07, 6.45) is 0. The minimum absolute atomic E-state index is 0.0448. The van der Waals surface area contributed by atoms with E-state index in [0.717, 1.165) is 0 Å². The first-order valence-corrected chi connectivity index (χ1v) is 7.64. The van der Waals surface area contributed by atoms with Crippen molar-refractivity contribution in [2.75, 3.05) is 20.8 Å². The van der Waals surface area contributed by atoms with Crippen LogP contribution in [0.25, 0.3) is 11.0 Å². The zero-order chi connectivity index (χ0) is 16.3. The van der Waals surface area contributed by atoms with Crippen molar-refractivity contribution in [3.8, 4) is 5.75 Å². The van der Waals surface area contributed by atoms with Crippen LogP contribution in [-0.2, 0) is 14.8 Å². The molecule has 2 rings (SSSR count). The Morgan fingerprint density at radius 1 is 1.23 bits per heavy atom. The third-order valence-corrected chi connectivity index (χ3v) is 3.68. The van der Waals surface area contributed by atoms with Crippen LogP contribution in [0.3, 0.4) is 0 Å². The van der Waals surface area contributed by atoms with E-state index in [1.54, 1.807) is 19.1 Å². The van der Waals surface area contributed by atoms with Crippen LogP contribution in [0.1, 0.15) is 33.4 Å². The Labute approximate surface area is 135 Å². The maximum atomic E-state index is 12.1. The molecule has 0 aliphatic carbocycles. The van der Waals surface area contributed by atoms with Crippen molar-refractivity contribution in [3.63, 3.8) is 0 Å². The number of benzene rings is 1. The number of hydrogen-bond donors (Lipinski definition) is 0. The van der Waals surface area contributed by atoms with E-state index in [-0.39, 0.29) is 12.4 Å². The van der Waals surface area contributed by atoms with Gasteiger partial charge in [-0.15, -0.1) is 0 Å². The molecule has 0 unspecified atom stereocenters. The molecular formula is C15H15BrO6.